The Bertz CT molecular complexity index is 770. The Morgan fingerprint density at radius 3 is 2.62 bits per heavy atom. The summed E-state index contributed by atoms with van der Waals surface area (Å²) in [6.07, 6.45) is 2.25. The first-order chi connectivity index (χ1) is 12.4. The number of hydrogen-bond donors (Lipinski definition) is 1. The van der Waals surface area contributed by atoms with E-state index in [0.717, 1.165) is 25.2 Å². The van der Waals surface area contributed by atoms with E-state index in [2.05, 4.69) is 48.2 Å². The molecule has 3 rings (SSSR count). The molecule has 2 heterocycles. The van der Waals surface area contributed by atoms with Crippen LogP contribution in [-0.4, -0.2) is 33.9 Å². The van der Waals surface area contributed by atoms with E-state index in [1.807, 2.05) is 24.0 Å². The molecule has 0 radical (unpaired) electrons. The average Bonchev–Trinajstić information content (AvgIpc) is 2.61. The molecule has 2 aromatic rings. The number of nitrogens with one attached hydrogen (secondary N) is 1. The van der Waals surface area contributed by atoms with Gasteiger partial charge in [-0.1, -0.05) is 32.9 Å². The molecule has 1 aromatic heterocycles. The summed E-state index contributed by atoms with van der Waals surface area (Å²) in [6, 6.07) is 10.1. The zero-order valence-electron chi connectivity index (χ0n) is 16.1. The minimum absolute atomic E-state index is 0.000237. The SMILES string of the molecule is Cc1nc(Nc2ccc(C(C)C)cc2)cc(C(=O)N2CCCC(C)C2)n1. The summed E-state index contributed by atoms with van der Waals surface area (Å²) in [4.78, 5) is 23.6. The fraction of sp³-hybridized carbons (Fsp3) is 0.476. The van der Waals surface area contributed by atoms with Crippen LogP contribution in [-0.2, 0) is 0 Å². The Morgan fingerprint density at radius 1 is 1.23 bits per heavy atom. The number of amides is 1. The number of piperidine rings is 1. The van der Waals surface area contributed by atoms with Gasteiger partial charge in [0.2, 0.25) is 0 Å². The Labute approximate surface area is 155 Å². The topological polar surface area (TPSA) is 58.1 Å². The van der Waals surface area contributed by atoms with Crippen molar-refractivity contribution in [2.24, 2.45) is 5.92 Å². The Morgan fingerprint density at radius 2 is 1.96 bits per heavy atom. The van der Waals surface area contributed by atoms with Gasteiger partial charge in [-0.2, -0.15) is 0 Å². The molecular formula is C21H28N4O. The molecule has 0 spiro atoms. The lowest BCUT2D eigenvalue weighted by atomic mass is 10.00. The van der Waals surface area contributed by atoms with Crippen molar-refractivity contribution < 1.29 is 4.79 Å². The molecule has 1 fully saturated rings. The highest BCUT2D eigenvalue weighted by atomic mass is 16.2. The standard InChI is InChI=1S/C21H28N4O/c1-14(2)17-7-9-18(10-8-17)24-20-12-19(22-16(4)23-20)21(26)25-11-5-6-15(3)13-25/h7-10,12,14-15H,5-6,11,13H2,1-4H3,(H,22,23,24). The number of likely N-dealkylation sites (tertiary alicyclic amines) is 1. The summed E-state index contributed by atoms with van der Waals surface area (Å²) >= 11 is 0. The molecule has 1 unspecified atom stereocenters. The van der Waals surface area contributed by atoms with Gasteiger partial charge in [0, 0.05) is 24.8 Å². The summed E-state index contributed by atoms with van der Waals surface area (Å²) in [5, 5.41) is 3.30. The molecule has 1 aliphatic rings. The van der Waals surface area contributed by atoms with Crippen molar-refractivity contribution in [3.63, 3.8) is 0 Å². The third-order valence-corrected chi connectivity index (χ3v) is 4.85. The molecule has 5 heteroatoms. The van der Waals surface area contributed by atoms with Crippen LogP contribution in [0.4, 0.5) is 11.5 Å². The first-order valence-electron chi connectivity index (χ1n) is 9.44. The van der Waals surface area contributed by atoms with Crippen LogP contribution in [0.15, 0.2) is 30.3 Å². The minimum Gasteiger partial charge on any atom is -0.340 e. The number of benzene rings is 1. The van der Waals surface area contributed by atoms with Crippen molar-refractivity contribution >= 4 is 17.4 Å². The highest BCUT2D eigenvalue weighted by Gasteiger charge is 2.23. The zero-order valence-corrected chi connectivity index (χ0v) is 16.1. The van der Waals surface area contributed by atoms with Crippen LogP contribution in [0, 0.1) is 12.8 Å². The summed E-state index contributed by atoms with van der Waals surface area (Å²) in [5.74, 6) is 2.31. The fourth-order valence-corrected chi connectivity index (χ4v) is 3.38. The maximum Gasteiger partial charge on any atom is 0.272 e. The van der Waals surface area contributed by atoms with Gasteiger partial charge < -0.3 is 10.2 Å². The summed E-state index contributed by atoms with van der Waals surface area (Å²) in [6.45, 7) is 9.99. The molecule has 1 aromatic carbocycles. The quantitative estimate of drug-likeness (QED) is 0.878. The number of anilines is 2. The second-order valence-corrected chi connectivity index (χ2v) is 7.59. The van der Waals surface area contributed by atoms with E-state index >= 15 is 0 Å². The van der Waals surface area contributed by atoms with Crippen molar-refractivity contribution in [1.82, 2.24) is 14.9 Å². The summed E-state index contributed by atoms with van der Waals surface area (Å²) < 4.78 is 0. The number of hydrogen-bond acceptors (Lipinski definition) is 4. The van der Waals surface area contributed by atoms with Crippen LogP contribution < -0.4 is 5.32 Å². The highest BCUT2D eigenvalue weighted by molar-refractivity contribution is 5.93. The van der Waals surface area contributed by atoms with Crippen molar-refractivity contribution in [3.05, 3.63) is 47.4 Å². The predicted octanol–water partition coefficient (Wildman–Crippen LogP) is 4.52. The van der Waals surface area contributed by atoms with Crippen LogP contribution >= 0.6 is 0 Å². The lowest BCUT2D eigenvalue weighted by Crippen LogP contribution is -2.39. The van der Waals surface area contributed by atoms with Crippen molar-refractivity contribution in [2.75, 3.05) is 18.4 Å². The highest BCUT2D eigenvalue weighted by Crippen LogP contribution is 2.22. The molecule has 1 aliphatic heterocycles. The second kappa shape index (κ2) is 7.85. The molecule has 5 nitrogen and oxygen atoms in total. The van der Waals surface area contributed by atoms with E-state index < -0.39 is 0 Å². The summed E-state index contributed by atoms with van der Waals surface area (Å²) in [7, 11) is 0. The molecule has 0 saturated carbocycles. The molecule has 0 aliphatic carbocycles. The van der Waals surface area contributed by atoms with Crippen molar-refractivity contribution in [1.29, 1.82) is 0 Å². The van der Waals surface area contributed by atoms with Gasteiger partial charge in [0.1, 0.15) is 17.3 Å². The van der Waals surface area contributed by atoms with Gasteiger partial charge in [-0.05, 0) is 49.3 Å². The largest absolute Gasteiger partial charge is 0.340 e. The van der Waals surface area contributed by atoms with Crippen LogP contribution in [0.5, 0.6) is 0 Å². The lowest BCUT2D eigenvalue weighted by Gasteiger charge is -2.30. The van der Waals surface area contributed by atoms with Gasteiger partial charge in [-0.3, -0.25) is 4.79 Å². The van der Waals surface area contributed by atoms with E-state index in [1.54, 1.807) is 6.07 Å². The van der Waals surface area contributed by atoms with E-state index in [0.29, 0.717) is 29.2 Å². The number of carbonyl (C=O) groups excluding carboxylic acids is 1. The number of nitrogens with zero attached hydrogens (tertiary/aromatic N) is 3. The lowest BCUT2D eigenvalue weighted by molar-refractivity contribution is 0.0676. The van der Waals surface area contributed by atoms with Crippen LogP contribution in [0.2, 0.25) is 0 Å². The van der Waals surface area contributed by atoms with Gasteiger partial charge in [-0.25, -0.2) is 9.97 Å². The molecule has 138 valence electrons. The van der Waals surface area contributed by atoms with Gasteiger partial charge in [0.25, 0.3) is 5.91 Å². The molecular weight excluding hydrogens is 324 g/mol. The van der Waals surface area contributed by atoms with Gasteiger partial charge in [0.05, 0.1) is 0 Å². The predicted molar refractivity (Wildman–Crippen MR) is 105 cm³/mol. The van der Waals surface area contributed by atoms with Gasteiger partial charge in [0.15, 0.2) is 0 Å². The average molecular weight is 352 g/mol. The number of aryl methyl sites for hydroxylation is 1. The van der Waals surface area contributed by atoms with E-state index in [4.69, 9.17) is 0 Å². The Balaban J connectivity index is 1.77. The van der Waals surface area contributed by atoms with Crippen molar-refractivity contribution in [2.45, 2.75) is 46.5 Å². The molecule has 1 atom stereocenters. The maximum absolute atomic E-state index is 12.8. The molecule has 1 amide bonds. The molecule has 0 bridgehead atoms. The number of rotatable bonds is 4. The third-order valence-electron chi connectivity index (χ3n) is 4.85. The third kappa shape index (κ3) is 4.40. The normalized spacial score (nSPS) is 17.4. The number of carbonyl (C=O) groups is 1. The monoisotopic (exact) mass is 352 g/mol. The van der Waals surface area contributed by atoms with Crippen LogP contribution in [0.3, 0.4) is 0 Å². The first kappa shape index (κ1) is 18.4. The van der Waals surface area contributed by atoms with E-state index in [1.165, 1.54) is 12.0 Å². The smallest absolute Gasteiger partial charge is 0.272 e. The minimum atomic E-state index is 0.000237. The second-order valence-electron chi connectivity index (χ2n) is 7.59. The molecule has 1 saturated heterocycles. The fourth-order valence-electron chi connectivity index (χ4n) is 3.38. The first-order valence-corrected chi connectivity index (χ1v) is 9.44. The van der Waals surface area contributed by atoms with Crippen molar-refractivity contribution in [3.8, 4) is 0 Å². The van der Waals surface area contributed by atoms with Crippen LogP contribution in [0.25, 0.3) is 0 Å². The zero-order chi connectivity index (χ0) is 18.7. The number of aromatic nitrogens is 2. The maximum atomic E-state index is 12.8. The molecule has 1 N–H and O–H groups in total. The Kier molecular flexibility index (Phi) is 5.55. The van der Waals surface area contributed by atoms with E-state index in [9.17, 15) is 4.79 Å². The molecule has 26 heavy (non-hydrogen) atoms. The Hall–Kier alpha value is -2.43. The van der Waals surface area contributed by atoms with E-state index in [-0.39, 0.29) is 5.91 Å². The van der Waals surface area contributed by atoms with Gasteiger partial charge >= 0.3 is 0 Å². The summed E-state index contributed by atoms with van der Waals surface area (Å²) in [5.41, 5.74) is 2.72. The van der Waals surface area contributed by atoms with Crippen LogP contribution in [0.1, 0.15) is 61.4 Å². The van der Waals surface area contributed by atoms with Gasteiger partial charge in [-0.15, -0.1) is 0 Å².